The number of anilines is 1. The van der Waals surface area contributed by atoms with E-state index < -0.39 is 0 Å². The Bertz CT molecular complexity index is 326. The zero-order valence-electron chi connectivity index (χ0n) is 10.0. The number of rotatable bonds is 2. The van der Waals surface area contributed by atoms with Gasteiger partial charge in [-0.15, -0.1) is 0 Å². The Morgan fingerprint density at radius 2 is 1.69 bits per heavy atom. The Morgan fingerprint density at radius 1 is 1.12 bits per heavy atom. The number of halogens is 1. The fourth-order valence-electron chi connectivity index (χ4n) is 2.28. The highest BCUT2D eigenvalue weighted by Crippen LogP contribution is 2.18. The molecule has 16 heavy (non-hydrogen) atoms. The van der Waals surface area contributed by atoms with Gasteiger partial charge in [0.1, 0.15) is 0 Å². The highest BCUT2D eigenvalue weighted by Gasteiger charge is 2.21. The largest absolute Gasteiger partial charge is 0.360 e. The molecule has 2 nitrogen and oxygen atoms in total. The van der Waals surface area contributed by atoms with Gasteiger partial charge in [0.15, 0.2) is 0 Å². The summed E-state index contributed by atoms with van der Waals surface area (Å²) in [6, 6.07) is 9.40. The van der Waals surface area contributed by atoms with Crippen molar-refractivity contribution in [1.82, 2.24) is 0 Å². The van der Waals surface area contributed by atoms with E-state index in [1.807, 2.05) is 0 Å². The van der Waals surface area contributed by atoms with E-state index in [1.54, 1.807) is 4.90 Å². The summed E-state index contributed by atoms with van der Waals surface area (Å²) in [6.07, 6.45) is 0. The van der Waals surface area contributed by atoms with Crippen molar-refractivity contribution in [2.45, 2.75) is 19.9 Å². The summed E-state index contributed by atoms with van der Waals surface area (Å²) in [5, 5.41) is 0. The maximum absolute atomic E-state index is 3.48. The van der Waals surface area contributed by atoms with Crippen LogP contribution in [0.1, 0.15) is 13.8 Å². The van der Waals surface area contributed by atoms with E-state index in [0.717, 1.165) is 10.5 Å². The minimum absolute atomic E-state index is 0.757. The number of hydrogen-bond donors (Lipinski definition) is 1. The van der Waals surface area contributed by atoms with Crippen LogP contribution in [0.25, 0.3) is 0 Å². The molecule has 1 heterocycles. The summed E-state index contributed by atoms with van der Waals surface area (Å²) in [5.41, 5.74) is 1.35. The summed E-state index contributed by atoms with van der Waals surface area (Å²) >= 11 is 3.48. The Labute approximate surface area is 106 Å². The lowest BCUT2D eigenvalue weighted by Crippen LogP contribution is -3.17. The lowest BCUT2D eigenvalue weighted by molar-refractivity contribution is -0.921. The Kier molecular flexibility index (Phi) is 3.87. The van der Waals surface area contributed by atoms with E-state index in [1.165, 1.54) is 31.9 Å². The Hall–Kier alpha value is -0.540. The van der Waals surface area contributed by atoms with Gasteiger partial charge < -0.3 is 9.80 Å². The molecule has 0 spiro atoms. The van der Waals surface area contributed by atoms with Gasteiger partial charge in [0.25, 0.3) is 0 Å². The van der Waals surface area contributed by atoms with Crippen LogP contribution < -0.4 is 9.80 Å². The molecule has 0 bridgehead atoms. The predicted octanol–water partition coefficient (Wildman–Crippen LogP) is 1.56. The van der Waals surface area contributed by atoms with Crippen molar-refractivity contribution >= 4 is 21.6 Å². The average molecular weight is 284 g/mol. The van der Waals surface area contributed by atoms with Crippen LogP contribution in [0.15, 0.2) is 28.7 Å². The Morgan fingerprint density at radius 3 is 2.19 bits per heavy atom. The molecule has 1 fully saturated rings. The average Bonchev–Trinajstić information content (AvgIpc) is 2.30. The number of benzene rings is 1. The number of piperazine rings is 1. The van der Waals surface area contributed by atoms with Gasteiger partial charge in [-0.25, -0.2) is 0 Å². The minimum Gasteiger partial charge on any atom is -0.360 e. The van der Waals surface area contributed by atoms with Crippen LogP contribution in [0.3, 0.4) is 0 Å². The number of nitrogens with zero attached hydrogens (tertiary/aromatic N) is 1. The third kappa shape index (κ3) is 2.77. The SMILES string of the molecule is CC(C)[NH+]1CCN(c2ccc(Br)cc2)CC1. The lowest BCUT2D eigenvalue weighted by Gasteiger charge is -2.35. The van der Waals surface area contributed by atoms with E-state index in [4.69, 9.17) is 0 Å². The predicted molar refractivity (Wildman–Crippen MR) is 72.2 cm³/mol. The molecule has 1 aliphatic rings. The maximum Gasteiger partial charge on any atom is 0.0951 e. The molecule has 0 saturated carbocycles. The van der Waals surface area contributed by atoms with Crippen LogP contribution in [-0.2, 0) is 0 Å². The van der Waals surface area contributed by atoms with E-state index in [-0.39, 0.29) is 0 Å². The topological polar surface area (TPSA) is 7.68 Å². The standard InChI is InChI=1S/C13H19BrN2/c1-11(2)15-7-9-16(10-8-15)13-5-3-12(14)4-6-13/h3-6,11H,7-10H2,1-2H3/p+1. The van der Waals surface area contributed by atoms with Crippen molar-refractivity contribution in [2.75, 3.05) is 31.1 Å². The molecule has 1 aromatic rings. The van der Waals surface area contributed by atoms with Gasteiger partial charge in [-0.1, -0.05) is 15.9 Å². The molecule has 88 valence electrons. The number of quaternary nitrogens is 1. The third-order valence-electron chi connectivity index (χ3n) is 3.41. The van der Waals surface area contributed by atoms with Crippen LogP contribution in [0, 0.1) is 0 Å². The van der Waals surface area contributed by atoms with E-state index in [0.29, 0.717) is 0 Å². The summed E-state index contributed by atoms with van der Waals surface area (Å²) < 4.78 is 1.16. The molecule has 1 aromatic carbocycles. The molecular formula is C13H20BrN2+. The molecule has 0 aromatic heterocycles. The molecule has 1 N–H and O–H groups in total. The van der Waals surface area contributed by atoms with Crippen molar-refractivity contribution in [3.8, 4) is 0 Å². The molecule has 1 saturated heterocycles. The molecule has 2 rings (SSSR count). The molecule has 0 unspecified atom stereocenters. The van der Waals surface area contributed by atoms with Gasteiger partial charge in [0.05, 0.1) is 32.2 Å². The Balaban J connectivity index is 1.96. The van der Waals surface area contributed by atoms with Crippen LogP contribution >= 0.6 is 15.9 Å². The fraction of sp³-hybridized carbons (Fsp3) is 0.538. The van der Waals surface area contributed by atoms with E-state index in [9.17, 15) is 0 Å². The molecule has 0 radical (unpaired) electrons. The monoisotopic (exact) mass is 283 g/mol. The molecule has 1 aliphatic heterocycles. The molecule has 3 heteroatoms. The smallest absolute Gasteiger partial charge is 0.0951 e. The minimum atomic E-state index is 0.757. The van der Waals surface area contributed by atoms with Gasteiger partial charge in [-0.05, 0) is 38.1 Å². The fourth-order valence-corrected chi connectivity index (χ4v) is 2.55. The first kappa shape index (κ1) is 11.9. The van der Waals surface area contributed by atoms with E-state index in [2.05, 4.69) is 58.9 Å². The number of nitrogens with one attached hydrogen (secondary N) is 1. The van der Waals surface area contributed by atoms with Crippen molar-refractivity contribution < 1.29 is 4.90 Å². The first-order valence-electron chi connectivity index (χ1n) is 6.02. The summed E-state index contributed by atoms with van der Waals surface area (Å²) in [4.78, 5) is 4.21. The first-order valence-corrected chi connectivity index (χ1v) is 6.81. The first-order chi connectivity index (χ1) is 7.66. The van der Waals surface area contributed by atoms with Gasteiger partial charge in [-0.3, -0.25) is 0 Å². The van der Waals surface area contributed by atoms with Crippen LogP contribution in [-0.4, -0.2) is 32.2 Å². The molecule has 0 amide bonds. The quantitative estimate of drug-likeness (QED) is 0.866. The third-order valence-corrected chi connectivity index (χ3v) is 3.94. The normalized spacial score (nSPS) is 18.1. The highest BCUT2D eigenvalue weighted by molar-refractivity contribution is 9.10. The van der Waals surface area contributed by atoms with Crippen molar-refractivity contribution in [3.63, 3.8) is 0 Å². The molecular weight excluding hydrogens is 264 g/mol. The van der Waals surface area contributed by atoms with Crippen LogP contribution in [0.2, 0.25) is 0 Å². The highest BCUT2D eigenvalue weighted by atomic mass is 79.9. The molecule has 0 aliphatic carbocycles. The number of hydrogen-bond acceptors (Lipinski definition) is 1. The summed E-state index contributed by atoms with van der Waals surface area (Å²) in [5.74, 6) is 0. The maximum atomic E-state index is 3.48. The lowest BCUT2D eigenvalue weighted by atomic mass is 10.2. The zero-order chi connectivity index (χ0) is 11.5. The van der Waals surface area contributed by atoms with Crippen LogP contribution in [0.4, 0.5) is 5.69 Å². The van der Waals surface area contributed by atoms with Crippen molar-refractivity contribution in [3.05, 3.63) is 28.7 Å². The van der Waals surface area contributed by atoms with Gasteiger partial charge in [-0.2, -0.15) is 0 Å². The molecule has 0 atom stereocenters. The van der Waals surface area contributed by atoms with Crippen LogP contribution in [0.5, 0.6) is 0 Å². The second-order valence-electron chi connectivity index (χ2n) is 4.78. The van der Waals surface area contributed by atoms with E-state index >= 15 is 0 Å². The van der Waals surface area contributed by atoms with Crippen molar-refractivity contribution in [2.24, 2.45) is 0 Å². The van der Waals surface area contributed by atoms with Gasteiger partial charge in [0, 0.05) is 10.2 Å². The second kappa shape index (κ2) is 5.19. The van der Waals surface area contributed by atoms with Crippen molar-refractivity contribution in [1.29, 1.82) is 0 Å². The van der Waals surface area contributed by atoms with Gasteiger partial charge >= 0.3 is 0 Å². The summed E-state index contributed by atoms with van der Waals surface area (Å²) in [6.45, 7) is 9.49. The van der Waals surface area contributed by atoms with Gasteiger partial charge in [0.2, 0.25) is 0 Å². The zero-order valence-corrected chi connectivity index (χ0v) is 11.6. The second-order valence-corrected chi connectivity index (χ2v) is 5.69. The summed E-state index contributed by atoms with van der Waals surface area (Å²) in [7, 11) is 0.